The third-order valence-corrected chi connectivity index (χ3v) is 2.97. The molecule has 0 saturated heterocycles. The smallest absolute Gasteiger partial charge is 0.0856 e. The van der Waals surface area contributed by atoms with Crippen molar-refractivity contribution < 1.29 is 5.11 Å². The average molecular weight is 168 g/mol. The fourth-order valence-electron chi connectivity index (χ4n) is 2.44. The second kappa shape index (κ2) is 3.21. The molecule has 0 heterocycles. The summed E-state index contributed by atoms with van der Waals surface area (Å²) >= 11 is 0. The molecule has 0 radical (unpaired) electrons. The molecule has 1 N–H and O–H groups in total. The summed E-state index contributed by atoms with van der Waals surface area (Å²) in [4.78, 5) is 0. The van der Waals surface area contributed by atoms with Crippen molar-refractivity contribution in [2.75, 3.05) is 0 Å². The molecule has 1 rings (SSSR count). The first-order chi connectivity index (χ1) is 5.44. The van der Waals surface area contributed by atoms with Crippen molar-refractivity contribution >= 4 is 0 Å². The van der Waals surface area contributed by atoms with E-state index in [-0.39, 0.29) is 0 Å². The van der Waals surface area contributed by atoms with E-state index in [2.05, 4.69) is 20.4 Å². The minimum Gasteiger partial charge on any atom is -0.386 e. The van der Waals surface area contributed by atoms with Crippen molar-refractivity contribution in [3.63, 3.8) is 0 Å². The van der Waals surface area contributed by atoms with Crippen LogP contribution in [0, 0.1) is 11.8 Å². The van der Waals surface area contributed by atoms with E-state index in [1.54, 1.807) is 0 Å². The Kier molecular flexibility index (Phi) is 2.62. The van der Waals surface area contributed by atoms with E-state index in [1.165, 1.54) is 6.42 Å². The highest BCUT2D eigenvalue weighted by atomic mass is 16.3. The maximum absolute atomic E-state index is 10.2. The molecule has 1 fully saturated rings. The van der Waals surface area contributed by atoms with Gasteiger partial charge in [-0.1, -0.05) is 20.4 Å². The van der Waals surface area contributed by atoms with Gasteiger partial charge in [-0.05, 0) is 43.6 Å². The van der Waals surface area contributed by atoms with Crippen molar-refractivity contribution in [1.82, 2.24) is 0 Å². The molecule has 1 aliphatic carbocycles. The zero-order valence-corrected chi connectivity index (χ0v) is 8.43. The van der Waals surface area contributed by atoms with Crippen LogP contribution in [-0.2, 0) is 0 Å². The minimum absolute atomic E-state index is 0.572. The number of aliphatic hydroxyl groups is 1. The molecule has 0 aromatic rings. The summed E-state index contributed by atoms with van der Waals surface area (Å²) in [6, 6.07) is 0. The first-order valence-electron chi connectivity index (χ1n) is 4.82. The summed E-state index contributed by atoms with van der Waals surface area (Å²) in [5, 5.41) is 10.2. The Bertz CT molecular complexity index is 173. The normalized spacial score (nSPS) is 42.7. The van der Waals surface area contributed by atoms with Crippen LogP contribution in [0.3, 0.4) is 0 Å². The molecule has 0 aromatic heterocycles. The largest absolute Gasteiger partial charge is 0.386 e. The van der Waals surface area contributed by atoms with Gasteiger partial charge in [0.2, 0.25) is 0 Å². The molecule has 0 aliphatic heterocycles. The predicted octanol–water partition coefficient (Wildman–Crippen LogP) is 2.75. The number of hydrogen-bond acceptors (Lipinski definition) is 1. The first kappa shape index (κ1) is 9.79. The van der Waals surface area contributed by atoms with Crippen LogP contribution in [0.25, 0.3) is 0 Å². The molecule has 0 spiro atoms. The van der Waals surface area contributed by atoms with E-state index in [4.69, 9.17) is 0 Å². The van der Waals surface area contributed by atoms with Crippen LogP contribution in [-0.4, -0.2) is 10.7 Å². The second-order valence-electron chi connectivity index (χ2n) is 4.67. The van der Waals surface area contributed by atoms with Gasteiger partial charge in [0.05, 0.1) is 5.60 Å². The number of rotatable bonds is 1. The molecule has 12 heavy (non-hydrogen) atoms. The van der Waals surface area contributed by atoms with Crippen molar-refractivity contribution in [3.8, 4) is 0 Å². The maximum atomic E-state index is 10.2. The molecule has 1 aliphatic rings. The highest BCUT2D eigenvalue weighted by molar-refractivity contribution is 5.11. The van der Waals surface area contributed by atoms with Crippen LogP contribution in [0.2, 0.25) is 0 Å². The summed E-state index contributed by atoms with van der Waals surface area (Å²) in [7, 11) is 0. The average Bonchev–Trinajstić information content (AvgIpc) is 1.82. The maximum Gasteiger partial charge on any atom is 0.0856 e. The standard InChI is InChI=1S/C11H20O/c1-8(2)11(12)6-9(3)5-10(4)7-11/h9-10,12H,1,5-7H2,2-4H3. The van der Waals surface area contributed by atoms with Crippen LogP contribution in [0.5, 0.6) is 0 Å². The topological polar surface area (TPSA) is 20.2 Å². The molecule has 0 bridgehead atoms. The third-order valence-electron chi connectivity index (χ3n) is 2.97. The molecule has 1 nitrogen and oxygen atoms in total. The minimum atomic E-state index is -0.572. The Morgan fingerprint density at radius 3 is 2.08 bits per heavy atom. The Morgan fingerprint density at radius 1 is 1.33 bits per heavy atom. The van der Waals surface area contributed by atoms with Gasteiger partial charge >= 0.3 is 0 Å². The van der Waals surface area contributed by atoms with Crippen LogP contribution in [0.4, 0.5) is 0 Å². The van der Waals surface area contributed by atoms with Gasteiger partial charge < -0.3 is 5.11 Å². The summed E-state index contributed by atoms with van der Waals surface area (Å²) in [5.41, 5.74) is 0.359. The molecule has 1 saturated carbocycles. The summed E-state index contributed by atoms with van der Waals surface area (Å²) in [6.07, 6.45) is 3.04. The summed E-state index contributed by atoms with van der Waals surface area (Å²) in [5.74, 6) is 1.27. The Balaban J connectivity index is 2.71. The van der Waals surface area contributed by atoms with Crippen molar-refractivity contribution in [1.29, 1.82) is 0 Å². The van der Waals surface area contributed by atoms with Gasteiger partial charge in [-0.2, -0.15) is 0 Å². The lowest BCUT2D eigenvalue weighted by molar-refractivity contribution is 0.00120. The lowest BCUT2D eigenvalue weighted by Crippen LogP contribution is -2.38. The van der Waals surface area contributed by atoms with E-state index in [0.717, 1.165) is 18.4 Å². The Labute approximate surface area is 75.5 Å². The van der Waals surface area contributed by atoms with Crippen LogP contribution in [0.1, 0.15) is 40.0 Å². The SMILES string of the molecule is C=C(C)C1(O)CC(C)CC(C)C1. The first-order valence-corrected chi connectivity index (χ1v) is 4.82. The molecule has 1 heteroatoms. The van der Waals surface area contributed by atoms with Gasteiger partial charge in [0, 0.05) is 0 Å². The third kappa shape index (κ3) is 1.89. The van der Waals surface area contributed by atoms with Crippen molar-refractivity contribution in [3.05, 3.63) is 12.2 Å². The Morgan fingerprint density at radius 2 is 1.75 bits per heavy atom. The van der Waals surface area contributed by atoms with E-state index in [0.29, 0.717) is 11.8 Å². The molecule has 70 valence electrons. The van der Waals surface area contributed by atoms with E-state index in [9.17, 15) is 5.11 Å². The molecular weight excluding hydrogens is 148 g/mol. The van der Waals surface area contributed by atoms with Gasteiger partial charge in [-0.3, -0.25) is 0 Å². The van der Waals surface area contributed by atoms with Gasteiger partial charge in [-0.15, -0.1) is 0 Å². The summed E-state index contributed by atoms with van der Waals surface area (Å²) < 4.78 is 0. The highest BCUT2D eigenvalue weighted by Gasteiger charge is 2.36. The van der Waals surface area contributed by atoms with Crippen LogP contribution in [0.15, 0.2) is 12.2 Å². The summed E-state index contributed by atoms with van der Waals surface area (Å²) in [6.45, 7) is 10.2. The molecule has 0 amide bonds. The monoisotopic (exact) mass is 168 g/mol. The fourth-order valence-corrected chi connectivity index (χ4v) is 2.44. The van der Waals surface area contributed by atoms with Gasteiger partial charge in [-0.25, -0.2) is 0 Å². The molecule has 2 atom stereocenters. The number of hydrogen-bond donors (Lipinski definition) is 1. The quantitative estimate of drug-likeness (QED) is 0.597. The zero-order valence-electron chi connectivity index (χ0n) is 8.43. The van der Waals surface area contributed by atoms with Crippen molar-refractivity contribution in [2.45, 2.75) is 45.6 Å². The molecular formula is C11H20O. The van der Waals surface area contributed by atoms with Gasteiger partial charge in [0.1, 0.15) is 0 Å². The van der Waals surface area contributed by atoms with E-state index >= 15 is 0 Å². The molecule has 2 unspecified atom stereocenters. The van der Waals surface area contributed by atoms with Crippen LogP contribution < -0.4 is 0 Å². The Hall–Kier alpha value is -0.300. The van der Waals surface area contributed by atoms with Gasteiger partial charge in [0.15, 0.2) is 0 Å². The fraction of sp³-hybridized carbons (Fsp3) is 0.818. The molecule has 0 aromatic carbocycles. The van der Waals surface area contributed by atoms with E-state index < -0.39 is 5.60 Å². The lowest BCUT2D eigenvalue weighted by Gasteiger charge is -2.39. The second-order valence-corrected chi connectivity index (χ2v) is 4.67. The van der Waals surface area contributed by atoms with E-state index in [1.807, 2.05) is 6.92 Å². The lowest BCUT2D eigenvalue weighted by atomic mass is 9.71. The van der Waals surface area contributed by atoms with Crippen molar-refractivity contribution in [2.24, 2.45) is 11.8 Å². The van der Waals surface area contributed by atoms with Crippen LogP contribution >= 0.6 is 0 Å². The zero-order chi connectivity index (χ0) is 9.35. The predicted molar refractivity (Wildman–Crippen MR) is 51.9 cm³/mol. The highest BCUT2D eigenvalue weighted by Crippen LogP contribution is 2.39. The van der Waals surface area contributed by atoms with Gasteiger partial charge in [0.25, 0.3) is 0 Å².